The van der Waals surface area contributed by atoms with Crippen molar-refractivity contribution in [3.8, 4) is 0 Å². The van der Waals surface area contributed by atoms with Crippen molar-refractivity contribution >= 4 is 5.91 Å². The van der Waals surface area contributed by atoms with E-state index in [9.17, 15) is 4.79 Å². The minimum absolute atomic E-state index is 0.0167. The number of likely N-dealkylation sites (N-methyl/N-ethyl adjacent to an activating group) is 1. The Labute approximate surface area is 86.4 Å². The van der Waals surface area contributed by atoms with Crippen LogP contribution in [0.3, 0.4) is 0 Å². The Balaban J connectivity index is 4.11. The van der Waals surface area contributed by atoms with Gasteiger partial charge in [-0.25, -0.2) is 0 Å². The maximum atomic E-state index is 11.3. The summed E-state index contributed by atoms with van der Waals surface area (Å²) in [6.07, 6.45) is 3.13. The second kappa shape index (κ2) is 6.60. The largest absolute Gasteiger partial charge is 0.394 e. The van der Waals surface area contributed by atoms with Crippen LogP contribution in [0, 0.1) is 5.92 Å². The molecule has 0 heterocycles. The molecule has 0 fully saturated rings. The van der Waals surface area contributed by atoms with Crippen LogP contribution in [0.4, 0.5) is 0 Å². The first-order valence-corrected chi connectivity index (χ1v) is 5.03. The molecule has 1 atom stereocenters. The third-order valence-corrected chi connectivity index (χ3v) is 2.36. The molecule has 0 radical (unpaired) electrons. The molecule has 0 aliphatic rings. The van der Waals surface area contributed by atoms with Gasteiger partial charge in [0, 0.05) is 7.05 Å². The van der Waals surface area contributed by atoms with Gasteiger partial charge in [-0.3, -0.25) is 4.79 Å². The summed E-state index contributed by atoms with van der Waals surface area (Å²) in [5.74, 6) is 0.462. The van der Waals surface area contributed by atoms with Crippen LogP contribution in [0.5, 0.6) is 0 Å². The predicted octanol–water partition coefficient (Wildman–Crippen LogP) is 1.43. The molecule has 0 spiro atoms. The van der Waals surface area contributed by atoms with Gasteiger partial charge in [0.15, 0.2) is 0 Å². The van der Waals surface area contributed by atoms with E-state index in [-0.39, 0.29) is 18.6 Å². The molecule has 0 aromatic carbocycles. The number of hydrogen-bond donors (Lipinski definition) is 1. The molecule has 1 amide bonds. The van der Waals surface area contributed by atoms with E-state index >= 15 is 0 Å². The summed E-state index contributed by atoms with van der Waals surface area (Å²) in [5.41, 5.74) is 0. The topological polar surface area (TPSA) is 40.5 Å². The van der Waals surface area contributed by atoms with E-state index in [1.807, 2.05) is 0 Å². The van der Waals surface area contributed by atoms with E-state index in [1.54, 1.807) is 11.9 Å². The number of nitrogens with zero attached hydrogens (tertiary/aromatic N) is 1. The molecule has 0 saturated carbocycles. The van der Waals surface area contributed by atoms with E-state index in [0.717, 1.165) is 12.8 Å². The number of rotatable bonds is 6. The van der Waals surface area contributed by atoms with Gasteiger partial charge >= 0.3 is 0 Å². The second-order valence-electron chi connectivity index (χ2n) is 3.96. The molecule has 0 aliphatic heterocycles. The zero-order valence-electron chi connectivity index (χ0n) is 9.36. The number of aliphatic hydroxyl groups excluding tert-OH is 1. The minimum atomic E-state index is -0.132. The molecule has 82 valence electrons. The Bertz CT molecular complexity index is 190. The highest BCUT2D eigenvalue weighted by atomic mass is 16.3. The van der Waals surface area contributed by atoms with Crippen LogP contribution in [0.2, 0.25) is 0 Å². The average Bonchev–Trinajstić information content (AvgIpc) is 2.16. The highest BCUT2D eigenvalue weighted by Crippen LogP contribution is 2.10. The van der Waals surface area contributed by atoms with Crippen molar-refractivity contribution in [1.29, 1.82) is 0 Å². The molecule has 0 aliphatic carbocycles. The molecular weight excluding hydrogens is 178 g/mol. The van der Waals surface area contributed by atoms with Crippen LogP contribution in [0.15, 0.2) is 12.7 Å². The van der Waals surface area contributed by atoms with Gasteiger partial charge in [0.1, 0.15) is 0 Å². The summed E-state index contributed by atoms with van der Waals surface area (Å²) in [7, 11) is 1.70. The van der Waals surface area contributed by atoms with Gasteiger partial charge in [-0.1, -0.05) is 20.4 Å². The molecule has 0 bridgehead atoms. The maximum absolute atomic E-state index is 11.3. The summed E-state index contributed by atoms with van der Waals surface area (Å²) in [6, 6.07) is -0.0806. The molecule has 3 heteroatoms. The number of hydrogen-bond acceptors (Lipinski definition) is 2. The van der Waals surface area contributed by atoms with Crippen molar-refractivity contribution in [2.75, 3.05) is 13.7 Å². The number of carbonyl (C=O) groups is 1. The Hall–Kier alpha value is -0.830. The Morgan fingerprint density at radius 2 is 2.07 bits per heavy atom. The lowest BCUT2D eigenvalue weighted by atomic mass is 10.0. The fourth-order valence-electron chi connectivity index (χ4n) is 1.26. The fourth-order valence-corrected chi connectivity index (χ4v) is 1.26. The Kier molecular flexibility index (Phi) is 6.21. The average molecular weight is 199 g/mol. The fraction of sp³-hybridized carbons (Fsp3) is 0.727. The highest BCUT2D eigenvalue weighted by molar-refractivity contribution is 5.87. The van der Waals surface area contributed by atoms with Crippen LogP contribution in [0.25, 0.3) is 0 Å². The van der Waals surface area contributed by atoms with Crippen molar-refractivity contribution in [2.24, 2.45) is 5.92 Å². The zero-order chi connectivity index (χ0) is 11.1. The molecular formula is C11H21NO2. The normalized spacial score (nSPS) is 12.6. The summed E-state index contributed by atoms with van der Waals surface area (Å²) >= 11 is 0. The number of carbonyl (C=O) groups excluding carboxylic acids is 1. The lowest BCUT2D eigenvalue weighted by Gasteiger charge is -2.26. The first-order chi connectivity index (χ1) is 6.52. The van der Waals surface area contributed by atoms with Crippen LogP contribution < -0.4 is 0 Å². The lowest BCUT2D eigenvalue weighted by molar-refractivity contribution is -0.127. The molecule has 1 N–H and O–H groups in total. The van der Waals surface area contributed by atoms with E-state index < -0.39 is 0 Å². The van der Waals surface area contributed by atoms with E-state index in [1.165, 1.54) is 6.08 Å². The van der Waals surface area contributed by atoms with Crippen LogP contribution in [-0.4, -0.2) is 35.6 Å². The zero-order valence-corrected chi connectivity index (χ0v) is 9.36. The highest BCUT2D eigenvalue weighted by Gasteiger charge is 2.16. The van der Waals surface area contributed by atoms with Gasteiger partial charge in [-0.2, -0.15) is 0 Å². The summed E-state index contributed by atoms with van der Waals surface area (Å²) in [5, 5.41) is 9.13. The van der Waals surface area contributed by atoms with E-state index in [4.69, 9.17) is 5.11 Å². The van der Waals surface area contributed by atoms with E-state index in [0.29, 0.717) is 5.92 Å². The number of amides is 1. The molecule has 0 rings (SSSR count). The Morgan fingerprint density at radius 1 is 1.50 bits per heavy atom. The van der Waals surface area contributed by atoms with Gasteiger partial charge in [-0.15, -0.1) is 0 Å². The van der Waals surface area contributed by atoms with Crippen LogP contribution in [-0.2, 0) is 4.79 Å². The van der Waals surface area contributed by atoms with E-state index in [2.05, 4.69) is 20.4 Å². The van der Waals surface area contributed by atoms with Gasteiger partial charge < -0.3 is 10.0 Å². The van der Waals surface area contributed by atoms with Crippen molar-refractivity contribution in [1.82, 2.24) is 4.90 Å². The molecule has 0 aromatic rings. The standard InChI is InChI=1S/C11H21NO2/c1-5-11(14)12(4)10(8-13)7-6-9(2)3/h5,9-10,13H,1,6-8H2,2-4H3. The lowest BCUT2D eigenvalue weighted by Crippen LogP contribution is -2.38. The molecule has 0 saturated heterocycles. The second-order valence-corrected chi connectivity index (χ2v) is 3.96. The monoisotopic (exact) mass is 199 g/mol. The molecule has 0 aromatic heterocycles. The quantitative estimate of drug-likeness (QED) is 0.657. The first-order valence-electron chi connectivity index (χ1n) is 5.03. The van der Waals surface area contributed by atoms with Crippen molar-refractivity contribution in [2.45, 2.75) is 32.7 Å². The minimum Gasteiger partial charge on any atom is -0.394 e. The third-order valence-electron chi connectivity index (χ3n) is 2.36. The van der Waals surface area contributed by atoms with Gasteiger partial charge in [0.05, 0.1) is 12.6 Å². The predicted molar refractivity (Wildman–Crippen MR) is 57.9 cm³/mol. The van der Waals surface area contributed by atoms with Crippen molar-refractivity contribution in [3.63, 3.8) is 0 Å². The summed E-state index contributed by atoms with van der Waals surface area (Å²) < 4.78 is 0. The summed E-state index contributed by atoms with van der Waals surface area (Å²) in [4.78, 5) is 12.8. The molecule has 14 heavy (non-hydrogen) atoms. The maximum Gasteiger partial charge on any atom is 0.246 e. The van der Waals surface area contributed by atoms with Crippen LogP contribution in [0.1, 0.15) is 26.7 Å². The molecule has 3 nitrogen and oxygen atoms in total. The third kappa shape index (κ3) is 4.42. The van der Waals surface area contributed by atoms with Crippen molar-refractivity contribution < 1.29 is 9.90 Å². The summed E-state index contributed by atoms with van der Waals surface area (Å²) in [6.45, 7) is 7.69. The number of aliphatic hydroxyl groups is 1. The van der Waals surface area contributed by atoms with Gasteiger partial charge in [-0.05, 0) is 24.8 Å². The SMILES string of the molecule is C=CC(=O)N(C)C(CO)CCC(C)C. The Morgan fingerprint density at radius 3 is 2.43 bits per heavy atom. The van der Waals surface area contributed by atoms with Gasteiger partial charge in [0.2, 0.25) is 5.91 Å². The molecule has 1 unspecified atom stereocenters. The smallest absolute Gasteiger partial charge is 0.246 e. The van der Waals surface area contributed by atoms with Crippen LogP contribution >= 0.6 is 0 Å². The first kappa shape index (κ1) is 13.2. The van der Waals surface area contributed by atoms with Gasteiger partial charge in [0.25, 0.3) is 0 Å². The van der Waals surface area contributed by atoms with Crippen molar-refractivity contribution in [3.05, 3.63) is 12.7 Å².